The second-order valence-electron chi connectivity index (χ2n) is 5.23. The van der Waals surface area contributed by atoms with Gasteiger partial charge in [0.05, 0.1) is 12.9 Å². The number of esters is 1. The van der Waals surface area contributed by atoms with Gasteiger partial charge in [-0.3, -0.25) is 4.79 Å². The SMILES string of the molecule is COC(=O)CCCS(=O)(=O)N(CC(F)(F)F)C(C)C1CC1. The Kier molecular flexibility index (Phi) is 6.03. The van der Waals surface area contributed by atoms with E-state index in [-0.39, 0.29) is 18.8 Å². The van der Waals surface area contributed by atoms with Crippen LogP contribution in [0.3, 0.4) is 0 Å². The monoisotopic (exact) mass is 331 g/mol. The molecule has 1 rings (SSSR count). The molecule has 0 heterocycles. The summed E-state index contributed by atoms with van der Waals surface area (Å²) in [6.07, 6.45) is -3.28. The third-order valence-corrected chi connectivity index (χ3v) is 5.44. The number of hydrogen-bond acceptors (Lipinski definition) is 4. The minimum absolute atomic E-state index is 0.0114. The van der Waals surface area contributed by atoms with Crippen molar-refractivity contribution in [1.29, 1.82) is 0 Å². The lowest BCUT2D eigenvalue weighted by Crippen LogP contribution is -2.46. The molecule has 9 heteroatoms. The molecule has 1 aliphatic rings. The number of nitrogens with zero attached hydrogens (tertiary/aromatic N) is 1. The van der Waals surface area contributed by atoms with Crippen LogP contribution in [0.15, 0.2) is 0 Å². The van der Waals surface area contributed by atoms with E-state index in [2.05, 4.69) is 4.74 Å². The Labute approximate surface area is 122 Å². The van der Waals surface area contributed by atoms with Gasteiger partial charge in [-0.05, 0) is 32.1 Å². The van der Waals surface area contributed by atoms with Crippen molar-refractivity contribution in [3.63, 3.8) is 0 Å². The average Bonchev–Trinajstić information content (AvgIpc) is 3.17. The first kappa shape index (κ1) is 18.2. The van der Waals surface area contributed by atoms with E-state index in [0.29, 0.717) is 4.31 Å². The second-order valence-corrected chi connectivity index (χ2v) is 7.28. The molecule has 1 atom stereocenters. The van der Waals surface area contributed by atoms with E-state index in [1.807, 2.05) is 0 Å². The predicted molar refractivity (Wildman–Crippen MR) is 70.0 cm³/mol. The molecule has 0 aliphatic heterocycles. The standard InChI is InChI=1S/C12H20F3NO4S/c1-9(10-5-6-10)16(8-12(13,14)15)21(18,19)7-3-4-11(17)20-2/h9-10H,3-8H2,1-2H3. The summed E-state index contributed by atoms with van der Waals surface area (Å²) in [6.45, 7) is 0.0203. The molecule has 5 nitrogen and oxygen atoms in total. The Hall–Kier alpha value is -0.830. The molecule has 0 bridgehead atoms. The van der Waals surface area contributed by atoms with Crippen LogP contribution in [0.1, 0.15) is 32.6 Å². The lowest BCUT2D eigenvalue weighted by atomic mass is 10.2. The summed E-state index contributed by atoms with van der Waals surface area (Å²) in [5.41, 5.74) is 0. The minimum Gasteiger partial charge on any atom is -0.469 e. The first-order valence-electron chi connectivity index (χ1n) is 6.70. The molecule has 21 heavy (non-hydrogen) atoms. The lowest BCUT2D eigenvalue weighted by Gasteiger charge is -2.29. The van der Waals surface area contributed by atoms with Gasteiger partial charge in [-0.2, -0.15) is 17.5 Å². The first-order valence-corrected chi connectivity index (χ1v) is 8.31. The summed E-state index contributed by atoms with van der Waals surface area (Å²) < 4.78 is 67.0. The molecule has 1 aliphatic carbocycles. The number of carbonyl (C=O) groups is 1. The first-order chi connectivity index (χ1) is 9.57. The van der Waals surface area contributed by atoms with Crippen LogP contribution >= 0.6 is 0 Å². The van der Waals surface area contributed by atoms with Gasteiger partial charge in [0, 0.05) is 12.5 Å². The van der Waals surface area contributed by atoms with Gasteiger partial charge in [-0.15, -0.1) is 0 Å². The molecule has 0 amide bonds. The maximum absolute atomic E-state index is 12.6. The molecular formula is C12H20F3NO4S. The summed E-state index contributed by atoms with van der Waals surface area (Å²) in [7, 11) is -2.89. The van der Waals surface area contributed by atoms with Crippen LogP contribution in [-0.2, 0) is 19.6 Å². The van der Waals surface area contributed by atoms with Gasteiger partial charge in [-0.1, -0.05) is 0 Å². The fourth-order valence-electron chi connectivity index (χ4n) is 2.10. The Morgan fingerprint density at radius 1 is 1.38 bits per heavy atom. The summed E-state index contributed by atoms with van der Waals surface area (Å²) in [5, 5.41) is 0. The Bertz CT molecular complexity index is 460. The van der Waals surface area contributed by atoms with Gasteiger partial charge in [-0.25, -0.2) is 8.42 Å². The molecule has 0 aromatic carbocycles. The minimum atomic E-state index is -4.58. The fraction of sp³-hybridized carbons (Fsp3) is 0.917. The third-order valence-electron chi connectivity index (χ3n) is 3.46. The van der Waals surface area contributed by atoms with Crippen molar-refractivity contribution in [3.05, 3.63) is 0 Å². The second kappa shape index (κ2) is 6.95. The molecular weight excluding hydrogens is 311 g/mol. The molecule has 124 valence electrons. The molecule has 0 N–H and O–H groups in total. The number of halogens is 3. The summed E-state index contributed by atoms with van der Waals surface area (Å²) in [6, 6.07) is -0.672. The summed E-state index contributed by atoms with van der Waals surface area (Å²) in [5.74, 6) is -1.08. The number of methoxy groups -OCH3 is 1. The Balaban J connectivity index is 2.72. The maximum Gasteiger partial charge on any atom is 0.402 e. The molecule has 0 saturated heterocycles. The normalized spacial score (nSPS) is 17.8. The highest BCUT2D eigenvalue weighted by Gasteiger charge is 2.43. The maximum atomic E-state index is 12.6. The smallest absolute Gasteiger partial charge is 0.402 e. The summed E-state index contributed by atoms with van der Waals surface area (Å²) in [4.78, 5) is 10.9. The number of hydrogen-bond donors (Lipinski definition) is 0. The zero-order valence-corrected chi connectivity index (χ0v) is 12.8. The fourth-order valence-corrected chi connectivity index (χ4v) is 3.87. The van der Waals surface area contributed by atoms with Crippen molar-refractivity contribution in [2.75, 3.05) is 19.4 Å². The van der Waals surface area contributed by atoms with Crippen LogP contribution in [0.25, 0.3) is 0 Å². The van der Waals surface area contributed by atoms with E-state index in [0.717, 1.165) is 12.8 Å². The van der Waals surface area contributed by atoms with Crippen LogP contribution < -0.4 is 0 Å². The highest BCUT2D eigenvalue weighted by molar-refractivity contribution is 7.89. The van der Waals surface area contributed by atoms with Crippen molar-refractivity contribution < 1.29 is 31.1 Å². The van der Waals surface area contributed by atoms with Gasteiger partial charge in [0.1, 0.15) is 6.54 Å². The van der Waals surface area contributed by atoms with Crippen LogP contribution in [-0.4, -0.2) is 50.3 Å². The van der Waals surface area contributed by atoms with Crippen molar-refractivity contribution in [2.24, 2.45) is 5.92 Å². The molecule has 1 saturated carbocycles. The number of ether oxygens (including phenoxy) is 1. The van der Waals surface area contributed by atoms with Gasteiger partial charge >= 0.3 is 12.1 Å². The highest BCUT2D eigenvalue weighted by atomic mass is 32.2. The van der Waals surface area contributed by atoms with Crippen LogP contribution in [0.4, 0.5) is 13.2 Å². The Morgan fingerprint density at radius 2 is 1.95 bits per heavy atom. The van der Waals surface area contributed by atoms with E-state index in [1.165, 1.54) is 14.0 Å². The van der Waals surface area contributed by atoms with Crippen molar-refractivity contribution in [3.8, 4) is 0 Å². The van der Waals surface area contributed by atoms with E-state index in [4.69, 9.17) is 0 Å². The number of carbonyl (C=O) groups excluding carboxylic acids is 1. The molecule has 0 radical (unpaired) electrons. The van der Waals surface area contributed by atoms with Gasteiger partial charge in [0.15, 0.2) is 0 Å². The van der Waals surface area contributed by atoms with Gasteiger partial charge < -0.3 is 4.74 Å². The van der Waals surface area contributed by atoms with Crippen molar-refractivity contribution in [1.82, 2.24) is 4.31 Å². The molecule has 1 fully saturated rings. The van der Waals surface area contributed by atoms with E-state index in [1.54, 1.807) is 0 Å². The van der Waals surface area contributed by atoms with Gasteiger partial charge in [0.2, 0.25) is 10.0 Å². The van der Waals surface area contributed by atoms with Gasteiger partial charge in [0.25, 0.3) is 0 Å². The number of sulfonamides is 1. The largest absolute Gasteiger partial charge is 0.469 e. The van der Waals surface area contributed by atoms with E-state index in [9.17, 15) is 26.4 Å². The molecule has 0 aromatic rings. The third kappa shape index (κ3) is 6.21. The zero-order chi connectivity index (χ0) is 16.3. The average molecular weight is 331 g/mol. The Morgan fingerprint density at radius 3 is 2.38 bits per heavy atom. The van der Waals surface area contributed by atoms with Crippen LogP contribution in [0.5, 0.6) is 0 Å². The molecule has 1 unspecified atom stereocenters. The lowest BCUT2D eigenvalue weighted by molar-refractivity contribution is -0.141. The number of rotatable bonds is 8. The zero-order valence-electron chi connectivity index (χ0n) is 12.0. The highest BCUT2D eigenvalue weighted by Crippen LogP contribution is 2.37. The molecule has 0 aromatic heterocycles. The van der Waals surface area contributed by atoms with Crippen LogP contribution in [0, 0.1) is 5.92 Å². The topological polar surface area (TPSA) is 63.7 Å². The number of alkyl halides is 3. The molecule has 0 spiro atoms. The van der Waals surface area contributed by atoms with Crippen molar-refractivity contribution >= 4 is 16.0 Å². The predicted octanol–water partition coefficient (Wildman–Crippen LogP) is 1.93. The van der Waals surface area contributed by atoms with E-state index >= 15 is 0 Å². The van der Waals surface area contributed by atoms with E-state index < -0.39 is 40.5 Å². The van der Waals surface area contributed by atoms with Crippen LogP contribution in [0.2, 0.25) is 0 Å². The quantitative estimate of drug-likeness (QED) is 0.638. The summed E-state index contributed by atoms with van der Waals surface area (Å²) >= 11 is 0. The van der Waals surface area contributed by atoms with Crippen molar-refractivity contribution in [2.45, 2.75) is 44.8 Å².